The van der Waals surface area contributed by atoms with Crippen LogP contribution in [0.2, 0.25) is 0 Å². The zero-order valence-electron chi connectivity index (χ0n) is 9.31. The van der Waals surface area contributed by atoms with Crippen molar-refractivity contribution in [1.29, 1.82) is 0 Å². The number of carboxylic acid groups (broad SMARTS) is 1. The highest BCUT2D eigenvalue weighted by Gasteiger charge is 2.03. The lowest BCUT2D eigenvalue weighted by Crippen LogP contribution is -2.25. The molecule has 88 valence electrons. The second kappa shape index (κ2) is 6.25. The molecule has 0 spiro atoms. The first kappa shape index (κ1) is 12.7. The van der Waals surface area contributed by atoms with Crippen molar-refractivity contribution >= 4 is 5.97 Å². The van der Waals surface area contributed by atoms with E-state index in [1.54, 1.807) is 18.2 Å². The lowest BCUT2D eigenvalue weighted by molar-refractivity contribution is 0.0696. The van der Waals surface area contributed by atoms with Crippen LogP contribution in [-0.4, -0.2) is 28.8 Å². The summed E-state index contributed by atoms with van der Waals surface area (Å²) >= 11 is 0. The summed E-state index contributed by atoms with van der Waals surface area (Å²) in [7, 11) is 0. The van der Waals surface area contributed by atoms with E-state index >= 15 is 0 Å². The molecular weight excluding hydrogens is 206 g/mol. The minimum atomic E-state index is -0.921. The number of aliphatic hydroxyl groups is 1. The van der Waals surface area contributed by atoms with Crippen molar-refractivity contribution in [3.8, 4) is 0 Å². The molecule has 4 heteroatoms. The van der Waals surface area contributed by atoms with Gasteiger partial charge in [-0.2, -0.15) is 0 Å². The maximum atomic E-state index is 10.7. The summed E-state index contributed by atoms with van der Waals surface area (Å²) in [5.74, 6) is -0.921. The number of hydrogen-bond donors (Lipinski definition) is 3. The molecule has 0 saturated carbocycles. The lowest BCUT2D eigenvalue weighted by Gasteiger charge is -2.09. The van der Waals surface area contributed by atoms with Crippen LogP contribution >= 0.6 is 0 Å². The second-order valence-electron chi connectivity index (χ2n) is 3.70. The summed E-state index contributed by atoms with van der Waals surface area (Å²) in [5, 5.41) is 21.2. The number of nitrogens with one attached hydrogen (secondary N) is 1. The third kappa shape index (κ3) is 4.00. The van der Waals surface area contributed by atoms with Crippen LogP contribution in [0.3, 0.4) is 0 Å². The van der Waals surface area contributed by atoms with Gasteiger partial charge in [-0.3, -0.25) is 0 Å². The van der Waals surface area contributed by atoms with Crippen LogP contribution in [-0.2, 0) is 6.54 Å². The Labute approximate surface area is 94.9 Å². The van der Waals surface area contributed by atoms with Gasteiger partial charge in [0.1, 0.15) is 0 Å². The molecular formula is C12H17NO3. The van der Waals surface area contributed by atoms with E-state index in [9.17, 15) is 9.90 Å². The molecule has 0 heterocycles. The molecule has 1 rings (SSSR count). The van der Waals surface area contributed by atoms with Gasteiger partial charge in [0.2, 0.25) is 0 Å². The third-order valence-electron chi connectivity index (χ3n) is 2.35. The number of rotatable bonds is 6. The van der Waals surface area contributed by atoms with E-state index in [1.807, 2.05) is 13.0 Å². The van der Waals surface area contributed by atoms with Crippen molar-refractivity contribution in [3.05, 3.63) is 35.4 Å². The quantitative estimate of drug-likeness (QED) is 0.678. The van der Waals surface area contributed by atoms with Gasteiger partial charge in [-0.05, 0) is 24.1 Å². The standard InChI is InChI=1S/C12H17NO3/c1-2-11(14)8-13-7-9-4-3-5-10(6-9)12(15)16/h3-6,11,13-14H,2,7-8H2,1H3,(H,15,16). The van der Waals surface area contributed by atoms with Crippen LogP contribution in [0.1, 0.15) is 29.3 Å². The fourth-order valence-electron chi connectivity index (χ4n) is 1.34. The predicted octanol–water partition coefficient (Wildman–Crippen LogP) is 1.25. The van der Waals surface area contributed by atoms with Gasteiger partial charge in [-0.25, -0.2) is 4.79 Å². The average Bonchev–Trinajstić information content (AvgIpc) is 2.29. The third-order valence-corrected chi connectivity index (χ3v) is 2.35. The minimum absolute atomic E-state index is 0.287. The van der Waals surface area contributed by atoms with Crippen LogP contribution in [0.15, 0.2) is 24.3 Å². The van der Waals surface area contributed by atoms with Crippen molar-refractivity contribution in [2.45, 2.75) is 26.0 Å². The lowest BCUT2D eigenvalue weighted by atomic mass is 10.1. The fourth-order valence-corrected chi connectivity index (χ4v) is 1.34. The summed E-state index contributed by atoms with van der Waals surface area (Å²) in [6, 6.07) is 6.77. The number of aromatic carboxylic acids is 1. The molecule has 0 aromatic heterocycles. The fraction of sp³-hybridized carbons (Fsp3) is 0.417. The monoisotopic (exact) mass is 223 g/mol. The minimum Gasteiger partial charge on any atom is -0.478 e. The Balaban J connectivity index is 2.48. The molecule has 0 bridgehead atoms. The molecule has 1 aromatic carbocycles. The Morgan fingerprint density at radius 2 is 2.25 bits per heavy atom. The van der Waals surface area contributed by atoms with Crippen molar-refractivity contribution in [2.24, 2.45) is 0 Å². The first-order chi connectivity index (χ1) is 7.63. The SMILES string of the molecule is CCC(O)CNCc1cccc(C(=O)O)c1. The van der Waals surface area contributed by atoms with Crippen molar-refractivity contribution in [1.82, 2.24) is 5.32 Å². The summed E-state index contributed by atoms with van der Waals surface area (Å²) in [5.41, 5.74) is 1.19. The number of hydrogen-bond acceptors (Lipinski definition) is 3. The molecule has 0 radical (unpaired) electrons. The molecule has 0 amide bonds. The number of aliphatic hydroxyl groups excluding tert-OH is 1. The van der Waals surface area contributed by atoms with Gasteiger partial charge in [-0.1, -0.05) is 19.1 Å². The van der Waals surface area contributed by atoms with E-state index in [4.69, 9.17) is 5.11 Å². The Morgan fingerprint density at radius 1 is 1.50 bits per heavy atom. The Bertz CT molecular complexity index is 352. The highest BCUT2D eigenvalue weighted by atomic mass is 16.4. The van der Waals surface area contributed by atoms with Gasteiger partial charge < -0.3 is 15.5 Å². The molecule has 0 fully saturated rings. The van der Waals surface area contributed by atoms with E-state index < -0.39 is 5.97 Å². The summed E-state index contributed by atoms with van der Waals surface area (Å²) < 4.78 is 0. The number of carboxylic acids is 1. The van der Waals surface area contributed by atoms with E-state index in [1.165, 1.54) is 0 Å². The van der Waals surface area contributed by atoms with E-state index in [2.05, 4.69) is 5.32 Å². The normalized spacial score (nSPS) is 12.4. The molecule has 0 aliphatic rings. The maximum absolute atomic E-state index is 10.7. The first-order valence-electron chi connectivity index (χ1n) is 5.34. The molecule has 3 N–H and O–H groups in total. The van der Waals surface area contributed by atoms with Gasteiger partial charge >= 0.3 is 5.97 Å². The van der Waals surface area contributed by atoms with E-state index in [0.29, 0.717) is 19.5 Å². The first-order valence-corrected chi connectivity index (χ1v) is 5.34. The van der Waals surface area contributed by atoms with Gasteiger partial charge in [0.15, 0.2) is 0 Å². The Kier molecular flexibility index (Phi) is 4.95. The second-order valence-corrected chi connectivity index (χ2v) is 3.70. The molecule has 1 aromatic rings. The van der Waals surface area contributed by atoms with Crippen molar-refractivity contribution in [2.75, 3.05) is 6.54 Å². The molecule has 4 nitrogen and oxygen atoms in total. The number of benzene rings is 1. The van der Waals surface area contributed by atoms with Crippen molar-refractivity contribution < 1.29 is 15.0 Å². The zero-order chi connectivity index (χ0) is 12.0. The topological polar surface area (TPSA) is 69.6 Å². The highest BCUT2D eigenvalue weighted by Crippen LogP contribution is 2.05. The summed E-state index contributed by atoms with van der Waals surface area (Å²) in [4.78, 5) is 10.7. The molecule has 16 heavy (non-hydrogen) atoms. The summed E-state index contributed by atoms with van der Waals surface area (Å²) in [6.07, 6.45) is 0.366. The molecule has 0 aliphatic heterocycles. The molecule has 0 saturated heterocycles. The Morgan fingerprint density at radius 3 is 2.88 bits per heavy atom. The van der Waals surface area contributed by atoms with Crippen molar-refractivity contribution in [3.63, 3.8) is 0 Å². The largest absolute Gasteiger partial charge is 0.478 e. The Hall–Kier alpha value is -1.39. The van der Waals surface area contributed by atoms with E-state index in [0.717, 1.165) is 5.56 Å². The summed E-state index contributed by atoms with van der Waals surface area (Å²) in [6.45, 7) is 3.00. The average molecular weight is 223 g/mol. The van der Waals surface area contributed by atoms with Crippen LogP contribution in [0, 0.1) is 0 Å². The smallest absolute Gasteiger partial charge is 0.335 e. The van der Waals surface area contributed by atoms with Crippen LogP contribution in [0.4, 0.5) is 0 Å². The van der Waals surface area contributed by atoms with Gasteiger partial charge in [-0.15, -0.1) is 0 Å². The maximum Gasteiger partial charge on any atom is 0.335 e. The highest BCUT2D eigenvalue weighted by molar-refractivity contribution is 5.87. The van der Waals surface area contributed by atoms with Gasteiger partial charge in [0.25, 0.3) is 0 Å². The van der Waals surface area contributed by atoms with Crippen LogP contribution in [0.25, 0.3) is 0 Å². The van der Waals surface area contributed by atoms with Crippen LogP contribution in [0.5, 0.6) is 0 Å². The zero-order valence-corrected chi connectivity index (χ0v) is 9.31. The predicted molar refractivity (Wildman–Crippen MR) is 61.4 cm³/mol. The van der Waals surface area contributed by atoms with Crippen LogP contribution < -0.4 is 5.32 Å². The van der Waals surface area contributed by atoms with Gasteiger partial charge in [0, 0.05) is 13.1 Å². The molecule has 1 unspecified atom stereocenters. The van der Waals surface area contributed by atoms with Gasteiger partial charge in [0.05, 0.1) is 11.7 Å². The molecule has 0 aliphatic carbocycles. The molecule has 1 atom stereocenters. The number of carbonyl (C=O) groups is 1. The van der Waals surface area contributed by atoms with E-state index in [-0.39, 0.29) is 11.7 Å².